The fraction of sp³-hybridized carbons (Fsp3) is 0.667. The Kier molecular flexibility index (Phi) is 5.36. The summed E-state index contributed by atoms with van der Waals surface area (Å²) in [5, 5.41) is 9.21. The van der Waals surface area contributed by atoms with Crippen molar-refractivity contribution < 1.29 is 4.79 Å². The molecule has 6 heteroatoms. The van der Waals surface area contributed by atoms with Gasteiger partial charge in [-0.15, -0.1) is 0 Å². The number of carbonyl (C=O) groups excluding carboxylic acids is 1. The van der Waals surface area contributed by atoms with Crippen LogP contribution in [-0.4, -0.2) is 35.7 Å². The van der Waals surface area contributed by atoms with Gasteiger partial charge in [-0.25, -0.2) is 5.10 Å². The minimum Gasteiger partial charge on any atom is -0.369 e. The Labute approximate surface area is 124 Å². The lowest BCUT2D eigenvalue weighted by Gasteiger charge is -2.33. The van der Waals surface area contributed by atoms with E-state index in [0.29, 0.717) is 12.5 Å². The molecule has 1 fully saturated rings. The molecule has 0 spiro atoms. The highest BCUT2D eigenvalue weighted by Gasteiger charge is 2.26. The first-order valence-corrected chi connectivity index (χ1v) is 7.63. The molecule has 6 nitrogen and oxygen atoms in total. The smallest absolute Gasteiger partial charge is 0.266 e. The number of aromatic nitrogens is 2. The molecule has 0 saturated carbocycles. The van der Waals surface area contributed by atoms with Crippen molar-refractivity contribution in [3.63, 3.8) is 0 Å². The van der Waals surface area contributed by atoms with E-state index in [-0.39, 0.29) is 17.4 Å². The van der Waals surface area contributed by atoms with E-state index in [9.17, 15) is 9.59 Å². The molecular weight excluding hydrogens is 268 g/mol. The Morgan fingerprint density at radius 2 is 2.38 bits per heavy atom. The van der Waals surface area contributed by atoms with Crippen LogP contribution in [0.4, 0.5) is 5.69 Å². The molecule has 0 unspecified atom stereocenters. The van der Waals surface area contributed by atoms with Gasteiger partial charge < -0.3 is 10.2 Å². The van der Waals surface area contributed by atoms with Gasteiger partial charge in [-0.1, -0.05) is 13.8 Å². The highest BCUT2D eigenvalue weighted by molar-refractivity contribution is 5.79. The molecule has 0 bridgehead atoms. The number of anilines is 1. The Balaban J connectivity index is 1.91. The summed E-state index contributed by atoms with van der Waals surface area (Å²) in [6.07, 6.45) is 4.50. The number of amides is 1. The molecule has 116 valence electrons. The topological polar surface area (TPSA) is 78.1 Å². The van der Waals surface area contributed by atoms with E-state index < -0.39 is 0 Å². The van der Waals surface area contributed by atoms with Crippen LogP contribution < -0.4 is 15.8 Å². The predicted octanol–water partition coefficient (Wildman–Crippen LogP) is 1.15. The summed E-state index contributed by atoms with van der Waals surface area (Å²) in [5.74, 6) is 0.707. The van der Waals surface area contributed by atoms with E-state index in [0.717, 1.165) is 38.0 Å². The lowest BCUT2D eigenvalue weighted by Crippen LogP contribution is -2.43. The van der Waals surface area contributed by atoms with Crippen molar-refractivity contribution in [2.75, 3.05) is 24.5 Å². The Morgan fingerprint density at radius 3 is 3.10 bits per heavy atom. The fourth-order valence-corrected chi connectivity index (χ4v) is 2.59. The van der Waals surface area contributed by atoms with Crippen LogP contribution in [0.25, 0.3) is 0 Å². The molecule has 1 aliphatic rings. The van der Waals surface area contributed by atoms with Crippen molar-refractivity contribution in [2.45, 2.75) is 33.1 Å². The van der Waals surface area contributed by atoms with Crippen molar-refractivity contribution in [3.8, 4) is 0 Å². The quantitative estimate of drug-likeness (QED) is 0.853. The number of rotatable bonds is 5. The molecule has 0 aromatic carbocycles. The monoisotopic (exact) mass is 292 g/mol. The summed E-state index contributed by atoms with van der Waals surface area (Å²) < 4.78 is 0. The predicted molar refractivity (Wildman–Crippen MR) is 82.3 cm³/mol. The molecule has 2 rings (SSSR count). The van der Waals surface area contributed by atoms with Crippen molar-refractivity contribution in [2.24, 2.45) is 11.8 Å². The Hall–Kier alpha value is -1.85. The average Bonchev–Trinajstić information content (AvgIpc) is 2.47. The molecule has 1 amide bonds. The third-order valence-electron chi connectivity index (χ3n) is 3.83. The first-order valence-electron chi connectivity index (χ1n) is 7.63. The normalized spacial score (nSPS) is 18.8. The molecule has 21 heavy (non-hydrogen) atoms. The average molecular weight is 292 g/mol. The van der Waals surface area contributed by atoms with Crippen LogP contribution >= 0.6 is 0 Å². The van der Waals surface area contributed by atoms with E-state index in [1.165, 1.54) is 6.07 Å². The maximum absolute atomic E-state index is 12.2. The van der Waals surface area contributed by atoms with Gasteiger partial charge in [0.05, 0.1) is 17.8 Å². The van der Waals surface area contributed by atoms with Gasteiger partial charge in [-0.05, 0) is 25.2 Å². The van der Waals surface area contributed by atoms with Gasteiger partial charge in [0.15, 0.2) is 0 Å². The fourth-order valence-electron chi connectivity index (χ4n) is 2.59. The largest absolute Gasteiger partial charge is 0.369 e. The van der Waals surface area contributed by atoms with Gasteiger partial charge in [0.2, 0.25) is 5.91 Å². The lowest BCUT2D eigenvalue weighted by molar-refractivity contribution is -0.125. The maximum atomic E-state index is 12.2. The summed E-state index contributed by atoms with van der Waals surface area (Å²) in [7, 11) is 0. The summed E-state index contributed by atoms with van der Waals surface area (Å²) in [4.78, 5) is 25.6. The van der Waals surface area contributed by atoms with Crippen LogP contribution in [-0.2, 0) is 4.79 Å². The maximum Gasteiger partial charge on any atom is 0.266 e. The molecule has 2 heterocycles. The molecule has 1 aromatic heterocycles. The van der Waals surface area contributed by atoms with E-state index in [4.69, 9.17) is 0 Å². The van der Waals surface area contributed by atoms with Crippen molar-refractivity contribution in [3.05, 3.63) is 22.6 Å². The first kappa shape index (κ1) is 15.5. The number of hydrogen-bond donors (Lipinski definition) is 2. The number of nitrogens with one attached hydrogen (secondary N) is 2. The lowest BCUT2D eigenvalue weighted by atomic mass is 9.96. The van der Waals surface area contributed by atoms with E-state index >= 15 is 0 Å². The number of carbonyl (C=O) groups is 1. The third-order valence-corrected chi connectivity index (χ3v) is 3.83. The number of nitrogens with zero attached hydrogens (tertiary/aromatic N) is 2. The highest BCUT2D eigenvalue weighted by Crippen LogP contribution is 2.21. The van der Waals surface area contributed by atoms with Crippen LogP contribution in [0.1, 0.15) is 33.1 Å². The second-order valence-corrected chi connectivity index (χ2v) is 6.06. The minimum atomic E-state index is -0.212. The van der Waals surface area contributed by atoms with Crippen LogP contribution in [0.3, 0.4) is 0 Å². The molecule has 2 N–H and O–H groups in total. The Bertz CT molecular complexity index is 526. The number of H-pyrrole nitrogens is 1. The van der Waals surface area contributed by atoms with Crippen LogP contribution in [0.15, 0.2) is 17.1 Å². The standard InChI is InChI=1S/C15H24N4O2/c1-11(2)5-6-16-15(21)12-4-3-7-19(10-12)13-8-14(20)18-17-9-13/h8-9,11-12H,3-7,10H2,1-2H3,(H,16,21)(H,18,20)/t12-/m0/s1. The van der Waals surface area contributed by atoms with E-state index in [1.54, 1.807) is 6.20 Å². The van der Waals surface area contributed by atoms with Gasteiger partial charge in [-0.3, -0.25) is 9.59 Å². The van der Waals surface area contributed by atoms with Crippen LogP contribution in [0, 0.1) is 11.8 Å². The van der Waals surface area contributed by atoms with Crippen molar-refractivity contribution in [1.82, 2.24) is 15.5 Å². The number of aromatic amines is 1. The molecule has 0 radical (unpaired) electrons. The SMILES string of the molecule is CC(C)CCNC(=O)[C@H]1CCCN(c2cn[nH]c(=O)c2)C1. The summed E-state index contributed by atoms with van der Waals surface area (Å²) in [5.41, 5.74) is 0.578. The zero-order valence-corrected chi connectivity index (χ0v) is 12.8. The summed E-state index contributed by atoms with van der Waals surface area (Å²) in [6.45, 7) is 6.54. The zero-order valence-electron chi connectivity index (χ0n) is 12.8. The molecule has 1 saturated heterocycles. The number of piperidine rings is 1. The van der Waals surface area contributed by atoms with E-state index in [1.807, 2.05) is 0 Å². The molecule has 0 aliphatic carbocycles. The van der Waals surface area contributed by atoms with Gasteiger partial charge in [0, 0.05) is 25.7 Å². The Morgan fingerprint density at radius 1 is 1.57 bits per heavy atom. The highest BCUT2D eigenvalue weighted by atomic mass is 16.2. The van der Waals surface area contributed by atoms with E-state index in [2.05, 4.69) is 34.3 Å². The molecular formula is C15H24N4O2. The van der Waals surface area contributed by atoms with Gasteiger partial charge in [-0.2, -0.15) is 5.10 Å². The third kappa shape index (κ3) is 4.58. The molecule has 1 atom stereocenters. The second-order valence-electron chi connectivity index (χ2n) is 6.06. The van der Waals surface area contributed by atoms with Crippen LogP contribution in [0.2, 0.25) is 0 Å². The minimum absolute atomic E-state index is 0.00907. The van der Waals surface area contributed by atoms with Gasteiger partial charge >= 0.3 is 0 Å². The first-order chi connectivity index (χ1) is 10.1. The van der Waals surface area contributed by atoms with Crippen molar-refractivity contribution >= 4 is 11.6 Å². The van der Waals surface area contributed by atoms with Gasteiger partial charge in [0.25, 0.3) is 5.56 Å². The molecule has 1 aliphatic heterocycles. The van der Waals surface area contributed by atoms with Gasteiger partial charge in [0.1, 0.15) is 0 Å². The molecule has 1 aromatic rings. The number of hydrogen-bond acceptors (Lipinski definition) is 4. The summed E-state index contributed by atoms with van der Waals surface area (Å²) in [6, 6.07) is 1.53. The van der Waals surface area contributed by atoms with Crippen molar-refractivity contribution in [1.29, 1.82) is 0 Å². The second kappa shape index (κ2) is 7.24. The summed E-state index contributed by atoms with van der Waals surface area (Å²) >= 11 is 0. The van der Waals surface area contributed by atoms with Crippen LogP contribution in [0.5, 0.6) is 0 Å². The zero-order chi connectivity index (χ0) is 15.2.